The third-order valence-corrected chi connectivity index (χ3v) is 4.94. The number of esters is 1. The predicted octanol–water partition coefficient (Wildman–Crippen LogP) is 1.79. The molecule has 0 bridgehead atoms. The Morgan fingerprint density at radius 1 is 1.07 bits per heavy atom. The third kappa shape index (κ3) is 5.71. The second-order valence-electron chi connectivity index (χ2n) is 5.41. The van der Waals surface area contributed by atoms with Crippen molar-refractivity contribution in [2.45, 2.75) is 11.3 Å². The van der Waals surface area contributed by atoms with Gasteiger partial charge in [-0.1, -0.05) is 6.07 Å². The maximum absolute atomic E-state index is 12.5. The van der Waals surface area contributed by atoms with Gasteiger partial charge in [-0.3, -0.25) is 14.3 Å². The van der Waals surface area contributed by atoms with E-state index in [0.29, 0.717) is 11.3 Å². The van der Waals surface area contributed by atoms with E-state index in [1.54, 1.807) is 18.2 Å². The number of rotatable bonds is 8. The van der Waals surface area contributed by atoms with Crippen LogP contribution >= 0.6 is 0 Å². The maximum Gasteiger partial charge on any atom is 0.308 e. The summed E-state index contributed by atoms with van der Waals surface area (Å²) in [7, 11) is -1.04. The Labute approximate surface area is 157 Å². The summed E-state index contributed by atoms with van der Waals surface area (Å²) in [4.78, 5) is 22.7. The lowest BCUT2D eigenvalue weighted by Gasteiger charge is -2.10. The molecule has 2 rings (SSSR count). The van der Waals surface area contributed by atoms with E-state index in [4.69, 9.17) is 4.74 Å². The van der Waals surface area contributed by atoms with Gasteiger partial charge in [0, 0.05) is 18.3 Å². The van der Waals surface area contributed by atoms with Gasteiger partial charge in [0.05, 0.1) is 25.0 Å². The number of sulfonamides is 1. The predicted molar refractivity (Wildman–Crippen MR) is 99.2 cm³/mol. The van der Waals surface area contributed by atoms with E-state index in [2.05, 4.69) is 14.8 Å². The number of nitrogens with one attached hydrogen (secondary N) is 2. The van der Waals surface area contributed by atoms with Gasteiger partial charge in [0.25, 0.3) is 15.9 Å². The molecule has 0 aliphatic rings. The summed E-state index contributed by atoms with van der Waals surface area (Å²) in [6.07, 6.45) is 0.0970. The summed E-state index contributed by atoms with van der Waals surface area (Å²) in [6.45, 7) is 0.128. The Morgan fingerprint density at radius 3 is 2.41 bits per heavy atom. The van der Waals surface area contributed by atoms with Gasteiger partial charge in [0.15, 0.2) is 0 Å². The van der Waals surface area contributed by atoms with Crippen LogP contribution in [0.15, 0.2) is 53.4 Å². The second-order valence-corrected chi connectivity index (χ2v) is 7.09. The first kappa shape index (κ1) is 20.2. The van der Waals surface area contributed by atoms with Gasteiger partial charge in [-0.25, -0.2) is 8.42 Å². The molecule has 0 fully saturated rings. The number of methoxy groups -OCH3 is 1. The van der Waals surface area contributed by atoms with Crippen molar-refractivity contribution in [1.82, 2.24) is 5.32 Å². The molecule has 0 atom stereocenters. The van der Waals surface area contributed by atoms with Crippen LogP contribution in [-0.4, -0.2) is 41.1 Å². The lowest BCUT2D eigenvalue weighted by atomic mass is 10.2. The minimum atomic E-state index is -3.83. The molecular weight excluding hydrogens is 372 g/mol. The van der Waals surface area contributed by atoms with Gasteiger partial charge >= 0.3 is 5.97 Å². The number of carbonyl (C=O) groups excluding carboxylic acids is 2. The molecule has 0 aliphatic heterocycles. The van der Waals surface area contributed by atoms with Crippen molar-refractivity contribution in [2.24, 2.45) is 0 Å². The normalized spacial score (nSPS) is 10.7. The molecule has 0 aromatic heterocycles. The van der Waals surface area contributed by atoms with Crippen LogP contribution in [0.2, 0.25) is 0 Å². The van der Waals surface area contributed by atoms with E-state index in [9.17, 15) is 18.0 Å². The van der Waals surface area contributed by atoms with E-state index in [-0.39, 0.29) is 29.5 Å². The Kier molecular flexibility index (Phi) is 6.78. The molecule has 9 heteroatoms. The van der Waals surface area contributed by atoms with Crippen LogP contribution in [0.5, 0.6) is 5.75 Å². The van der Waals surface area contributed by atoms with Crippen LogP contribution in [0, 0.1) is 0 Å². The van der Waals surface area contributed by atoms with Crippen molar-refractivity contribution in [2.75, 3.05) is 25.5 Å². The maximum atomic E-state index is 12.5. The smallest absolute Gasteiger partial charge is 0.308 e. The summed E-state index contributed by atoms with van der Waals surface area (Å²) in [5.41, 5.74) is 0.613. The van der Waals surface area contributed by atoms with Crippen LogP contribution in [0.25, 0.3) is 0 Å². The van der Waals surface area contributed by atoms with Crippen molar-refractivity contribution >= 4 is 27.6 Å². The number of benzene rings is 2. The van der Waals surface area contributed by atoms with Crippen molar-refractivity contribution in [3.05, 3.63) is 54.1 Å². The van der Waals surface area contributed by atoms with Crippen LogP contribution in [0.1, 0.15) is 16.8 Å². The zero-order valence-electron chi connectivity index (χ0n) is 14.9. The lowest BCUT2D eigenvalue weighted by molar-refractivity contribution is -0.141. The van der Waals surface area contributed by atoms with Gasteiger partial charge in [-0.2, -0.15) is 0 Å². The third-order valence-electron chi connectivity index (χ3n) is 3.54. The zero-order valence-corrected chi connectivity index (χ0v) is 15.7. The number of amides is 1. The van der Waals surface area contributed by atoms with Gasteiger partial charge in [-0.05, 0) is 42.5 Å². The van der Waals surface area contributed by atoms with Crippen LogP contribution < -0.4 is 14.8 Å². The number of hydrogen-bond donors (Lipinski definition) is 2. The van der Waals surface area contributed by atoms with Gasteiger partial charge < -0.3 is 14.8 Å². The highest BCUT2D eigenvalue weighted by Gasteiger charge is 2.15. The number of ether oxygens (including phenoxy) is 2. The molecule has 0 aliphatic carbocycles. The molecule has 27 heavy (non-hydrogen) atoms. The number of hydrogen-bond acceptors (Lipinski definition) is 6. The number of anilines is 1. The van der Waals surface area contributed by atoms with Gasteiger partial charge in [0.1, 0.15) is 5.75 Å². The van der Waals surface area contributed by atoms with Crippen molar-refractivity contribution in [3.63, 3.8) is 0 Å². The van der Waals surface area contributed by atoms with Crippen molar-refractivity contribution < 1.29 is 27.5 Å². The molecule has 2 N–H and O–H groups in total. The fraction of sp³-hybridized carbons (Fsp3) is 0.222. The molecule has 2 aromatic carbocycles. The molecule has 0 spiro atoms. The number of carbonyl (C=O) groups is 2. The average molecular weight is 392 g/mol. The molecular formula is C18H20N2O6S. The quantitative estimate of drug-likeness (QED) is 0.663. The Balaban J connectivity index is 2.06. The first-order chi connectivity index (χ1) is 12.9. The summed E-state index contributed by atoms with van der Waals surface area (Å²) in [5.74, 6) is -0.277. The van der Waals surface area contributed by atoms with Gasteiger partial charge in [0.2, 0.25) is 0 Å². The molecule has 144 valence electrons. The van der Waals surface area contributed by atoms with Crippen LogP contribution in [-0.2, 0) is 19.6 Å². The van der Waals surface area contributed by atoms with E-state index in [0.717, 1.165) is 0 Å². The van der Waals surface area contributed by atoms with E-state index >= 15 is 0 Å². The minimum Gasteiger partial charge on any atom is -0.493 e. The highest BCUT2D eigenvalue weighted by atomic mass is 32.2. The first-order valence-electron chi connectivity index (χ1n) is 8.00. The Morgan fingerprint density at radius 2 is 1.78 bits per heavy atom. The largest absolute Gasteiger partial charge is 0.493 e. The summed E-state index contributed by atoms with van der Waals surface area (Å²) in [6, 6.07) is 11.9. The van der Waals surface area contributed by atoms with E-state index < -0.39 is 16.0 Å². The fourth-order valence-corrected chi connectivity index (χ4v) is 3.20. The molecule has 2 aromatic rings. The van der Waals surface area contributed by atoms with Crippen LogP contribution in [0.4, 0.5) is 5.69 Å². The van der Waals surface area contributed by atoms with Crippen LogP contribution in [0.3, 0.4) is 0 Å². The Bertz CT molecular complexity index is 910. The van der Waals surface area contributed by atoms with E-state index in [1.807, 2.05) is 0 Å². The SMILES string of the molecule is CNC(=O)c1cccc(NS(=O)(=O)c2ccc(OCCC(=O)OC)cc2)c1. The van der Waals surface area contributed by atoms with Crippen molar-refractivity contribution in [1.29, 1.82) is 0 Å². The lowest BCUT2D eigenvalue weighted by Crippen LogP contribution is -2.18. The fourth-order valence-electron chi connectivity index (χ4n) is 2.15. The molecule has 0 saturated carbocycles. The average Bonchev–Trinajstić information content (AvgIpc) is 2.67. The zero-order chi connectivity index (χ0) is 19.9. The standard InChI is InChI=1S/C18H20N2O6S/c1-19-18(22)13-4-3-5-14(12-13)20-27(23,24)16-8-6-15(7-9-16)26-11-10-17(21)25-2/h3-9,12,20H,10-11H2,1-2H3,(H,19,22). The molecule has 8 nitrogen and oxygen atoms in total. The molecule has 0 heterocycles. The molecule has 1 amide bonds. The highest BCUT2D eigenvalue weighted by Crippen LogP contribution is 2.20. The molecule has 0 saturated heterocycles. The first-order valence-corrected chi connectivity index (χ1v) is 9.48. The summed E-state index contributed by atoms with van der Waals surface area (Å²) < 4.78 is 37.3. The Hall–Kier alpha value is -3.07. The highest BCUT2D eigenvalue weighted by molar-refractivity contribution is 7.92. The topological polar surface area (TPSA) is 111 Å². The summed E-state index contributed by atoms with van der Waals surface area (Å²) >= 11 is 0. The van der Waals surface area contributed by atoms with Crippen molar-refractivity contribution in [3.8, 4) is 5.75 Å². The second kappa shape index (κ2) is 9.04. The monoisotopic (exact) mass is 392 g/mol. The summed E-state index contributed by atoms with van der Waals surface area (Å²) in [5, 5.41) is 2.48. The van der Waals surface area contributed by atoms with E-state index in [1.165, 1.54) is 44.5 Å². The molecule has 0 radical (unpaired) electrons. The van der Waals surface area contributed by atoms with Gasteiger partial charge in [-0.15, -0.1) is 0 Å². The molecule has 0 unspecified atom stereocenters. The minimum absolute atomic E-state index is 0.0353.